The first-order chi connectivity index (χ1) is 5.84. The molecule has 0 radical (unpaired) electrons. The molecule has 0 atom stereocenters. The highest BCUT2D eigenvalue weighted by atomic mass is 19.1. The van der Waals surface area contributed by atoms with Crippen LogP contribution in [0.2, 0.25) is 0 Å². The molecular weight excluding hydrogens is 157 g/mol. The van der Waals surface area contributed by atoms with Crippen LogP contribution in [0, 0.1) is 0 Å². The van der Waals surface area contributed by atoms with Gasteiger partial charge in [0, 0.05) is 37.6 Å². The molecule has 2 heterocycles. The summed E-state index contributed by atoms with van der Waals surface area (Å²) in [5, 5.41) is 0. The van der Waals surface area contributed by atoms with Crippen molar-refractivity contribution in [3.63, 3.8) is 0 Å². The smallest absolute Gasteiger partial charge is 0.125 e. The van der Waals surface area contributed by atoms with Crippen molar-refractivity contribution in [2.45, 2.75) is 12.7 Å². The molecule has 4 heteroatoms. The average molecular weight is 167 g/mol. The number of hydrogen-bond donors (Lipinski definition) is 0. The van der Waals surface area contributed by atoms with E-state index < -0.39 is 6.17 Å². The Hall–Kier alpha value is -1.03. The molecule has 0 saturated carbocycles. The van der Waals surface area contributed by atoms with Gasteiger partial charge in [-0.15, -0.1) is 0 Å². The van der Waals surface area contributed by atoms with E-state index in [4.69, 9.17) is 0 Å². The van der Waals surface area contributed by atoms with Gasteiger partial charge in [0.2, 0.25) is 0 Å². The standard InChI is InChI=1S/C8H10FN3/c9-8-4-12(5-8)3-7-1-10-6-11-2-7/h1-2,6,8H,3-5H2. The quantitative estimate of drug-likeness (QED) is 0.647. The molecule has 0 spiro atoms. The molecule has 0 N–H and O–H groups in total. The molecule has 1 aliphatic rings. The molecule has 0 aromatic carbocycles. The van der Waals surface area contributed by atoms with Crippen molar-refractivity contribution < 1.29 is 4.39 Å². The molecular formula is C8H10FN3. The zero-order valence-corrected chi connectivity index (χ0v) is 6.65. The van der Waals surface area contributed by atoms with Crippen molar-refractivity contribution in [2.24, 2.45) is 0 Å². The zero-order valence-electron chi connectivity index (χ0n) is 6.65. The third-order valence-electron chi connectivity index (χ3n) is 1.93. The highest BCUT2D eigenvalue weighted by molar-refractivity contribution is 5.03. The van der Waals surface area contributed by atoms with E-state index in [0.29, 0.717) is 13.1 Å². The van der Waals surface area contributed by atoms with Crippen LogP contribution in [0.4, 0.5) is 4.39 Å². The Morgan fingerprint density at radius 1 is 1.42 bits per heavy atom. The Morgan fingerprint density at radius 3 is 2.67 bits per heavy atom. The summed E-state index contributed by atoms with van der Waals surface area (Å²) in [5.41, 5.74) is 1.05. The number of hydrogen-bond acceptors (Lipinski definition) is 3. The van der Waals surface area contributed by atoms with Gasteiger partial charge in [-0.1, -0.05) is 0 Å². The van der Waals surface area contributed by atoms with Gasteiger partial charge >= 0.3 is 0 Å². The fraction of sp³-hybridized carbons (Fsp3) is 0.500. The van der Waals surface area contributed by atoms with Crippen LogP contribution in [0.1, 0.15) is 5.56 Å². The number of aromatic nitrogens is 2. The number of nitrogens with zero attached hydrogens (tertiary/aromatic N) is 3. The van der Waals surface area contributed by atoms with Crippen molar-refractivity contribution >= 4 is 0 Å². The molecule has 0 amide bonds. The molecule has 1 aromatic rings. The molecule has 12 heavy (non-hydrogen) atoms. The van der Waals surface area contributed by atoms with Gasteiger partial charge < -0.3 is 0 Å². The van der Waals surface area contributed by atoms with E-state index in [2.05, 4.69) is 9.97 Å². The fourth-order valence-electron chi connectivity index (χ4n) is 1.31. The lowest BCUT2D eigenvalue weighted by molar-refractivity contribution is 0.0589. The molecule has 1 aromatic heterocycles. The molecule has 1 fully saturated rings. The minimum absolute atomic E-state index is 0.550. The normalized spacial score (nSPS) is 19.1. The number of halogens is 1. The largest absolute Gasteiger partial charge is 0.293 e. The van der Waals surface area contributed by atoms with Crippen LogP contribution in [0.15, 0.2) is 18.7 Å². The van der Waals surface area contributed by atoms with Gasteiger partial charge in [0.15, 0.2) is 0 Å². The van der Waals surface area contributed by atoms with Crippen molar-refractivity contribution in [1.82, 2.24) is 14.9 Å². The minimum Gasteiger partial charge on any atom is -0.293 e. The van der Waals surface area contributed by atoms with Crippen molar-refractivity contribution in [2.75, 3.05) is 13.1 Å². The third-order valence-corrected chi connectivity index (χ3v) is 1.93. The van der Waals surface area contributed by atoms with Gasteiger partial charge in [-0.2, -0.15) is 0 Å². The Morgan fingerprint density at radius 2 is 2.08 bits per heavy atom. The van der Waals surface area contributed by atoms with Crippen molar-refractivity contribution in [3.05, 3.63) is 24.3 Å². The van der Waals surface area contributed by atoms with Crippen LogP contribution in [-0.2, 0) is 6.54 Å². The molecule has 2 rings (SSSR count). The van der Waals surface area contributed by atoms with Gasteiger partial charge in [-0.3, -0.25) is 4.90 Å². The second-order valence-electron chi connectivity index (χ2n) is 3.04. The van der Waals surface area contributed by atoms with E-state index in [0.717, 1.165) is 12.1 Å². The molecule has 0 aliphatic carbocycles. The van der Waals surface area contributed by atoms with Crippen LogP contribution in [0.5, 0.6) is 0 Å². The SMILES string of the molecule is FC1CN(Cc2cncnc2)C1. The minimum atomic E-state index is -0.630. The molecule has 64 valence electrons. The van der Waals surface area contributed by atoms with Crippen LogP contribution in [0.3, 0.4) is 0 Å². The summed E-state index contributed by atoms with van der Waals surface area (Å²) >= 11 is 0. The second kappa shape index (κ2) is 3.15. The molecule has 0 bridgehead atoms. The summed E-state index contributed by atoms with van der Waals surface area (Å²) in [6.07, 6.45) is 4.39. The maximum absolute atomic E-state index is 12.4. The summed E-state index contributed by atoms with van der Waals surface area (Å²) in [5.74, 6) is 0. The average Bonchev–Trinajstić information content (AvgIpc) is 2.04. The highest BCUT2D eigenvalue weighted by Crippen LogP contribution is 2.13. The number of likely N-dealkylation sites (tertiary alicyclic amines) is 1. The summed E-state index contributed by atoms with van der Waals surface area (Å²) in [7, 11) is 0. The van der Waals surface area contributed by atoms with Crippen LogP contribution >= 0.6 is 0 Å². The lowest BCUT2D eigenvalue weighted by Crippen LogP contribution is -2.47. The van der Waals surface area contributed by atoms with Gasteiger partial charge in [0.1, 0.15) is 12.5 Å². The predicted molar refractivity (Wildman–Crippen MR) is 42.2 cm³/mol. The van der Waals surface area contributed by atoms with Gasteiger partial charge in [-0.05, 0) is 0 Å². The molecule has 0 unspecified atom stereocenters. The van der Waals surface area contributed by atoms with E-state index in [1.807, 2.05) is 4.90 Å². The van der Waals surface area contributed by atoms with E-state index in [1.54, 1.807) is 12.4 Å². The summed E-state index contributed by atoms with van der Waals surface area (Å²) < 4.78 is 12.4. The summed E-state index contributed by atoms with van der Waals surface area (Å²) in [4.78, 5) is 9.80. The first kappa shape index (κ1) is 7.61. The van der Waals surface area contributed by atoms with Crippen LogP contribution < -0.4 is 0 Å². The maximum Gasteiger partial charge on any atom is 0.125 e. The molecule has 1 saturated heterocycles. The Bertz CT molecular complexity index is 246. The van der Waals surface area contributed by atoms with Crippen molar-refractivity contribution in [3.8, 4) is 0 Å². The van der Waals surface area contributed by atoms with E-state index in [9.17, 15) is 4.39 Å². The summed E-state index contributed by atoms with van der Waals surface area (Å²) in [6, 6.07) is 0. The highest BCUT2D eigenvalue weighted by Gasteiger charge is 2.25. The number of alkyl halides is 1. The van der Waals surface area contributed by atoms with Crippen LogP contribution in [0.25, 0.3) is 0 Å². The Balaban J connectivity index is 1.88. The van der Waals surface area contributed by atoms with Gasteiger partial charge in [0.25, 0.3) is 0 Å². The third kappa shape index (κ3) is 1.58. The van der Waals surface area contributed by atoms with Gasteiger partial charge in [-0.25, -0.2) is 14.4 Å². The first-order valence-corrected chi connectivity index (χ1v) is 3.95. The Kier molecular flexibility index (Phi) is 1.99. The second-order valence-corrected chi connectivity index (χ2v) is 3.04. The molecule has 3 nitrogen and oxygen atoms in total. The summed E-state index contributed by atoms with van der Waals surface area (Å²) in [6.45, 7) is 1.87. The monoisotopic (exact) mass is 167 g/mol. The number of rotatable bonds is 2. The Labute approximate surface area is 70.3 Å². The van der Waals surface area contributed by atoms with Crippen molar-refractivity contribution in [1.29, 1.82) is 0 Å². The molecule has 1 aliphatic heterocycles. The van der Waals surface area contributed by atoms with Crippen LogP contribution in [-0.4, -0.2) is 34.1 Å². The van der Waals surface area contributed by atoms with Gasteiger partial charge in [0.05, 0.1) is 0 Å². The van der Waals surface area contributed by atoms with E-state index >= 15 is 0 Å². The topological polar surface area (TPSA) is 29.0 Å². The first-order valence-electron chi connectivity index (χ1n) is 3.95. The van der Waals surface area contributed by atoms with E-state index in [1.165, 1.54) is 6.33 Å². The fourth-order valence-corrected chi connectivity index (χ4v) is 1.31. The lowest BCUT2D eigenvalue weighted by atomic mass is 10.1. The maximum atomic E-state index is 12.4. The predicted octanol–water partition coefficient (Wildman–Crippen LogP) is 0.630. The lowest BCUT2D eigenvalue weighted by Gasteiger charge is -2.33. The zero-order chi connectivity index (χ0) is 8.39. The van der Waals surface area contributed by atoms with E-state index in [-0.39, 0.29) is 0 Å².